The van der Waals surface area contributed by atoms with Crippen molar-refractivity contribution in [3.8, 4) is 11.5 Å². The highest BCUT2D eigenvalue weighted by molar-refractivity contribution is 7.89. The van der Waals surface area contributed by atoms with Crippen LogP contribution in [0.5, 0.6) is 11.5 Å². The second-order valence-electron chi connectivity index (χ2n) is 8.16. The van der Waals surface area contributed by atoms with Gasteiger partial charge in [-0.25, -0.2) is 8.42 Å². The molecule has 0 N–H and O–H groups in total. The standard InChI is InChI=1S/C25H27N3O6S/c1-33-23-12-11-21(17-24(23)34-19-20-7-3-2-4-8-20)18-26-13-15-27(16-14-26)35(31,32)25-10-6-5-9-22(25)28(29)30/h2-12,17H,13-16,18-19H2,1H3. The van der Waals surface area contributed by atoms with E-state index in [1.807, 2.05) is 48.5 Å². The lowest BCUT2D eigenvalue weighted by atomic mass is 10.1. The van der Waals surface area contributed by atoms with Gasteiger partial charge >= 0.3 is 0 Å². The van der Waals surface area contributed by atoms with Crippen LogP contribution in [0.4, 0.5) is 5.69 Å². The summed E-state index contributed by atoms with van der Waals surface area (Å²) in [5.41, 5.74) is 1.66. The van der Waals surface area contributed by atoms with E-state index >= 15 is 0 Å². The van der Waals surface area contributed by atoms with Crippen LogP contribution in [0.25, 0.3) is 0 Å². The minimum absolute atomic E-state index is 0.252. The molecule has 9 nitrogen and oxygen atoms in total. The van der Waals surface area contributed by atoms with Crippen molar-refractivity contribution in [1.82, 2.24) is 9.21 Å². The summed E-state index contributed by atoms with van der Waals surface area (Å²) < 4.78 is 38.9. The largest absolute Gasteiger partial charge is 0.493 e. The lowest BCUT2D eigenvalue weighted by Crippen LogP contribution is -2.48. The Morgan fingerprint density at radius 3 is 2.26 bits per heavy atom. The Morgan fingerprint density at radius 1 is 0.886 bits per heavy atom. The first-order valence-electron chi connectivity index (χ1n) is 11.2. The first kappa shape index (κ1) is 24.6. The van der Waals surface area contributed by atoms with Crippen LogP contribution in [0.15, 0.2) is 77.7 Å². The minimum Gasteiger partial charge on any atom is -0.493 e. The molecular formula is C25H27N3O6S. The average molecular weight is 498 g/mol. The van der Waals surface area contributed by atoms with Gasteiger partial charge in [0.05, 0.1) is 12.0 Å². The van der Waals surface area contributed by atoms with Gasteiger partial charge in [0, 0.05) is 38.8 Å². The van der Waals surface area contributed by atoms with Crippen LogP contribution in [-0.2, 0) is 23.2 Å². The molecule has 0 saturated carbocycles. The van der Waals surface area contributed by atoms with E-state index in [4.69, 9.17) is 9.47 Å². The van der Waals surface area contributed by atoms with Gasteiger partial charge in [-0.2, -0.15) is 4.31 Å². The zero-order chi connectivity index (χ0) is 24.8. The van der Waals surface area contributed by atoms with Crippen molar-refractivity contribution in [2.75, 3.05) is 33.3 Å². The van der Waals surface area contributed by atoms with Crippen molar-refractivity contribution in [2.24, 2.45) is 0 Å². The van der Waals surface area contributed by atoms with E-state index in [9.17, 15) is 18.5 Å². The van der Waals surface area contributed by atoms with Crippen molar-refractivity contribution in [3.05, 3.63) is 94.0 Å². The Labute approximate surface area is 204 Å². The summed E-state index contributed by atoms with van der Waals surface area (Å²) in [5, 5.41) is 11.3. The maximum atomic E-state index is 13.1. The maximum Gasteiger partial charge on any atom is 0.289 e. The Kier molecular flexibility index (Phi) is 7.64. The first-order valence-corrected chi connectivity index (χ1v) is 12.6. The molecular weight excluding hydrogens is 470 g/mol. The molecule has 1 fully saturated rings. The molecule has 3 aromatic rings. The number of hydrogen-bond donors (Lipinski definition) is 0. The third kappa shape index (κ3) is 5.79. The van der Waals surface area contributed by atoms with Crippen molar-refractivity contribution in [3.63, 3.8) is 0 Å². The number of ether oxygens (including phenoxy) is 2. The molecule has 0 unspecified atom stereocenters. The van der Waals surface area contributed by atoms with Crippen molar-refractivity contribution >= 4 is 15.7 Å². The molecule has 35 heavy (non-hydrogen) atoms. The third-order valence-electron chi connectivity index (χ3n) is 5.88. The molecule has 4 rings (SSSR count). The highest BCUT2D eigenvalue weighted by atomic mass is 32.2. The second kappa shape index (κ2) is 10.9. The molecule has 3 aromatic carbocycles. The number of rotatable bonds is 9. The van der Waals surface area contributed by atoms with Gasteiger partial charge < -0.3 is 9.47 Å². The number of nitro groups is 1. The van der Waals surface area contributed by atoms with Crippen LogP contribution in [0.2, 0.25) is 0 Å². The zero-order valence-corrected chi connectivity index (χ0v) is 20.2. The van der Waals surface area contributed by atoms with E-state index in [1.54, 1.807) is 7.11 Å². The van der Waals surface area contributed by atoms with E-state index in [1.165, 1.54) is 28.6 Å². The second-order valence-corrected chi connectivity index (χ2v) is 10.1. The van der Waals surface area contributed by atoms with Gasteiger partial charge in [0.1, 0.15) is 6.61 Å². The summed E-state index contributed by atoms with van der Waals surface area (Å²) in [5.74, 6) is 1.29. The van der Waals surface area contributed by atoms with Crippen molar-refractivity contribution < 1.29 is 22.8 Å². The Bertz CT molecular complexity index is 1280. The molecule has 0 amide bonds. The number of nitro benzene ring substituents is 1. The smallest absolute Gasteiger partial charge is 0.289 e. The molecule has 0 aromatic heterocycles. The minimum atomic E-state index is -3.95. The number of piperazine rings is 1. The van der Waals surface area contributed by atoms with Crippen LogP contribution in [-0.4, -0.2) is 55.8 Å². The Morgan fingerprint density at radius 2 is 1.57 bits per heavy atom. The van der Waals surface area contributed by atoms with Crippen LogP contribution in [0.1, 0.15) is 11.1 Å². The van der Waals surface area contributed by atoms with E-state index in [2.05, 4.69) is 4.90 Å². The molecule has 0 spiro atoms. The van der Waals surface area contributed by atoms with Gasteiger partial charge in [0.25, 0.3) is 5.69 Å². The number of nitrogens with zero attached hydrogens (tertiary/aromatic N) is 3. The normalized spacial score (nSPS) is 15.0. The molecule has 0 bridgehead atoms. The Balaban J connectivity index is 1.40. The number of para-hydroxylation sites is 1. The van der Waals surface area contributed by atoms with Crippen LogP contribution in [0.3, 0.4) is 0 Å². The molecule has 0 atom stereocenters. The van der Waals surface area contributed by atoms with Crippen LogP contribution >= 0.6 is 0 Å². The molecule has 184 valence electrons. The molecule has 1 aliphatic rings. The predicted molar refractivity (Wildman–Crippen MR) is 131 cm³/mol. The SMILES string of the molecule is COc1ccc(CN2CCN(S(=O)(=O)c3ccccc3[N+](=O)[O-])CC2)cc1OCc1ccccc1. The van der Waals surface area contributed by atoms with Gasteiger partial charge in [-0.3, -0.25) is 15.0 Å². The number of hydrogen-bond acceptors (Lipinski definition) is 7. The zero-order valence-electron chi connectivity index (χ0n) is 19.4. The number of methoxy groups -OCH3 is 1. The fourth-order valence-corrected chi connectivity index (χ4v) is 5.60. The molecule has 1 aliphatic heterocycles. The maximum absolute atomic E-state index is 13.1. The third-order valence-corrected chi connectivity index (χ3v) is 7.83. The summed E-state index contributed by atoms with van der Waals surface area (Å²) in [6.07, 6.45) is 0. The predicted octanol–water partition coefficient (Wildman–Crippen LogP) is 3.69. The summed E-state index contributed by atoms with van der Waals surface area (Å²) in [6.45, 7) is 2.55. The van der Waals surface area contributed by atoms with Gasteiger partial charge in [-0.15, -0.1) is 0 Å². The lowest BCUT2D eigenvalue weighted by molar-refractivity contribution is -0.387. The summed E-state index contributed by atoms with van der Waals surface area (Å²) in [7, 11) is -2.36. The number of sulfonamides is 1. The lowest BCUT2D eigenvalue weighted by Gasteiger charge is -2.34. The van der Waals surface area contributed by atoms with Crippen molar-refractivity contribution in [1.29, 1.82) is 0 Å². The highest BCUT2D eigenvalue weighted by Crippen LogP contribution is 2.30. The quantitative estimate of drug-likeness (QED) is 0.328. The highest BCUT2D eigenvalue weighted by Gasteiger charge is 2.33. The summed E-state index contributed by atoms with van der Waals surface area (Å²) in [6, 6.07) is 21.1. The average Bonchev–Trinajstić information content (AvgIpc) is 2.88. The molecule has 1 heterocycles. The molecule has 0 aliphatic carbocycles. The van der Waals surface area contributed by atoms with E-state index < -0.39 is 20.6 Å². The van der Waals surface area contributed by atoms with Gasteiger partial charge in [-0.1, -0.05) is 48.5 Å². The van der Waals surface area contributed by atoms with Gasteiger partial charge in [-0.05, 0) is 29.3 Å². The summed E-state index contributed by atoms with van der Waals surface area (Å²) >= 11 is 0. The van der Waals surface area contributed by atoms with Gasteiger partial charge in [0.2, 0.25) is 10.0 Å². The van der Waals surface area contributed by atoms with Crippen LogP contribution < -0.4 is 9.47 Å². The fourth-order valence-electron chi connectivity index (χ4n) is 4.02. The van der Waals surface area contributed by atoms with Crippen LogP contribution in [0, 0.1) is 10.1 Å². The molecule has 0 radical (unpaired) electrons. The van der Waals surface area contributed by atoms with E-state index in [0.717, 1.165) is 11.1 Å². The Hall–Kier alpha value is -3.47. The van der Waals surface area contributed by atoms with E-state index in [-0.39, 0.29) is 18.0 Å². The molecule has 10 heteroatoms. The summed E-state index contributed by atoms with van der Waals surface area (Å²) in [4.78, 5) is 12.5. The first-order chi connectivity index (χ1) is 16.9. The van der Waals surface area contributed by atoms with Crippen molar-refractivity contribution in [2.45, 2.75) is 18.0 Å². The topological polar surface area (TPSA) is 102 Å². The number of benzene rings is 3. The van der Waals surface area contributed by atoms with E-state index in [0.29, 0.717) is 37.7 Å². The monoisotopic (exact) mass is 497 g/mol. The van der Waals surface area contributed by atoms with Gasteiger partial charge in [0.15, 0.2) is 16.4 Å². The molecule has 1 saturated heterocycles. The fraction of sp³-hybridized carbons (Fsp3) is 0.280.